The van der Waals surface area contributed by atoms with Crippen LogP contribution >= 0.6 is 0 Å². The predicted molar refractivity (Wildman–Crippen MR) is 88.7 cm³/mol. The van der Waals surface area contributed by atoms with E-state index in [1.165, 1.54) is 6.07 Å². The molecule has 1 aliphatic heterocycles. The minimum Gasteiger partial charge on any atom is -0.352 e. The van der Waals surface area contributed by atoms with Crippen molar-refractivity contribution in [1.82, 2.24) is 24.5 Å². The fraction of sp³-hybridized carbons (Fsp3) is 0.294. The second-order valence-electron chi connectivity index (χ2n) is 5.97. The number of anilines is 2. The number of aryl methyl sites for hydroxylation is 1. The first kappa shape index (κ1) is 15.3. The molecular weight excluding hydrogens is 321 g/mol. The van der Waals surface area contributed by atoms with Crippen LogP contribution in [-0.2, 0) is 19.5 Å². The summed E-state index contributed by atoms with van der Waals surface area (Å²) in [6.45, 7) is 1.46. The number of halogens is 1. The third kappa shape index (κ3) is 2.96. The molecule has 7 nitrogen and oxygen atoms in total. The van der Waals surface area contributed by atoms with E-state index in [2.05, 4.69) is 25.2 Å². The van der Waals surface area contributed by atoms with Gasteiger partial charge in [0, 0.05) is 19.2 Å². The first-order valence-electron chi connectivity index (χ1n) is 8.13. The van der Waals surface area contributed by atoms with E-state index in [1.54, 1.807) is 29.2 Å². The molecular formula is C17H16FN7. The van der Waals surface area contributed by atoms with Gasteiger partial charge < -0.3 is 9.88 Å². The molecule has 3 heterocycles. The molecule has 8 heteroatoms. The first-order valence-corrected chi connectivity index (χ1v) is 8.13. The average Bonchev–Trinajstić information content (AvgIpc) is 3.23. The van der Waals surface area contributed by atoms with Gasteiger partial charge in [0.25, 0.3) is 0 Å². The van der Waals surface area contributed by atoms with Gasteiger partial charge in [-0.1, -0.05) is 6.07 Å². The van der Waals surface area contributed by atoms with E-state index >= 15 is 0 Å². The Bertz CT molecular complexity index is 950. The largest absolute Gasteiger partial charge is 0.352 e. The number of nitrogens with one attached hydrogen (secondary N) is 1. The molecule has 25 heavy (non-hydrogen) atoms. The summed E-state index contributed by atoms with van der Waals surface area (Å²) in [7, 11) is 0. The molecule has 4 rings (SSSR count). The highest BCUT2D eigenvalue weighted by Gasteiger charge is 2.16. The second-order valence-corrected chi connectivity index (χ2v) is 5.97. The summed E-state index contributed by atoms with van der Waals surface area (Å²) >= 11 is 0. The van der Waals surface area contributed by atoms with Gasteiger partial charge in [-0.15, -0.1) is 10.2 Å². The first-order chi connectivity index (χ1) is 12.2. The number of aromatic nitrogens is 5. The van der Waals surface area contributed by atoms with Crippen LogP contribution in [0.3, 0.4) is 0 Å². The van der Waals surface area contributed by atoms with Crippen LogP contribution in [0.1, 0.15) is 30.1 Å². The fourth-order valence-corrected chi connectivity index (χ4v) is 3.04. The fourth-order valence-electron chi connectivity index (χ4n) is 3.04. The third-order valence-electron chi connectivity index (χ3n) is 4.28. The van der Waals surface area contributed by atoms with Crippen LogP contribution in [0.2, 0.25) is 0 Å². The van der Waals surface area contributed by atoms with E-state index in [1.807, 2.05) is 6.07 Å². The van der Waals surface area contributed by atoms with Crippen LogP contribution in [-0.4, -0.2) is 24.5 Å². The molecule has 0 radical (unpaired) electrons. The molecule has 2 aromatic heterocycles. The molecule has 1 aliphatic rings. The lowest BCUT2D eigenvalue weighted by atomic mass is 10.2. The zero-order valence-corrected chi connectivity index (χ0v) is 13.5. The molecule has 0 aliphatic carbocycles. The lowest BCUT2D eigenvalue weighted by Gasteiger charge is -2.14. The molecule has 0 saturated heterocycles. The number of hydrogen-bond donors (Lipinski definition) is 1. The monoisotopic (exact) mass is 337 g/mol. The van der Waals surface area contributed by atoms with E-state index < -0.39 is 5.82 Å². The lowest BCUT2D eigenvalue weighted by molar-refractivity contribution is 0.496. The van der Waals surface area contributed by atoms with Gasteiger partial charge in [-0.05, 0) is 25.0 Å². The van der Waals surface area contributed by atoms with Crippen molar-refractivity contribution in [3.05, 3.63) is 53.6 Å². The number of fused-ring (bicyclic) bond motifs is 1. The minimum atomic E-state index is -0.546. The van der Waals surface area contributed by atoms with Gasteiger partial charge in [0.1, 0.15) is 29.8 Å². The van der Waals surface area contributed by atoms with Crippen molar-refractivity contribution in [2.75, 3.05) is 5.32 Å². The second kappa shape index (κ2) is 6.36. The maximum Gasteiger partial charge on any atom is 0.154 e. The van der Waals surface area contributed by atoms with Crippen molar-refractivity contribution in [2.24, 2.45) is 0 Å². The molecule has 0 unspecified atom stereocenters. The zero-order chi connectivity index (χ0) is 17.2. The SMILES string of the molecule is N#Cc1c(F)cccc1Nc1cnn(Cc2nnc3n2CCCC3)c1. The molecule has 0 atom stereocenters. The van der Waals surface area contributed by atoms with Crippen molar-refractivity contribution in [2.45, 2.75) is 32.4 Å². The summed E-state index contributed by atoms with van der Waals surface area (Å²) in [4.78, 5) is 0. The van der Waals surface area contributed by atoms with Crippen molar-refractivity contribution >= 4 is 11.4 Å². The van der Waals surface area contributed by atoms with Crippen molar-refractivity contribution in [3.63, 3.8) is 0 Å². The summed E-state index contributed by atoms with van der Waals surface area (Å²) in [6.07, 6.45) is 6.70. The van der Waals surface area contributed by atoms with Crippen molar-refractivity contribution in [3.8, 4) is 6.07 Å². The highest BCUT2D eigenvalue weighted by molar-refractivity contribution is 5.65. The van der Waals surface area contributed by atoms with Crippen LogP contribution in [0, 0.1) is 17.1 Å². The Morgan fingerprint density at radius 3 is 3.08 bits per heavy atom. The number of hydrogen-bond acceptors (Lipinski definition) is 5. The van der Waals surface area contributed by atoms with Crippen LogP contribution in [0.25, 0.3) is 0 Å². The molecule has 0 spiro atoms. The quantitative estimate of drug-likeness (QED) is 0.791. The maximum atomic E-state index is 13.7. The summed E-state index contributed by atoms with van der Waals surface area (Å²) in [5, 5.41) is 24.9. The molecule has 3 aromatic rings. The van der Waals surface area contributed by atoms with E-state index in [0.29, 0.717) is 17.9 Å². The van der Waals surface area contributed by atoms with Crippen molar-refractivity contribution < 1.29 is 4.39 Å². The zero-order valence-electron chi connectivity index (χ0n) is 13.5. The van der Waals surface area contributed by atoms with E-state index in [9.17, 15) is 4.39 Å². The molecule has 0 amide bonds. The average molecular weight is 337 g/mol. The minimum absolute atomic E-state index is 0.0122. The maximum absolute atomic E-state index is 13.7. The van der Waals surface area contributed by atoms with E-state index in [4.69, 9.17) is 5.26 Å². The van der Waals surface area contributed by atoms with Gasteiger partial charge in [0.15, 0.2) is 5.82 Å². The van der Waals surface area contributed by atoms with Gasteiger partial charge in [0.2, 0.25) is 0 Å². The Labute approximate surface area is 143 Å². The van der Waals surface area contributed by atoms with E-state index in [-0.39, 0.29) is 5.56 Å². The third-order valence-corrected chi connectivity index (χ3v) is 4.28. The Balaban J connectivity index is 1.53. The van der Waals surface area contributed by atoms with Gasteiger partial charge in [-0.3, -0.25) is 4.68 Å². The summed E-state index contributed by atoms with van der Waals surface area (Å²) < 4.78 is 17.6. The Kier molecular flexibility index (Phi) is 3.90. The molecule has 0 bridgehead atoms. The summed E-state index contributed by atoms with van der Waals surface area (Å²) in [5.74, 6) is 1.37. The van der Waals surface area contributed by atoms with Crippen molar-refractivity contribution in [1.29, 1.82) is 5.26 Å². The van der Waals surface area contributed by atoms with Gasteiger partial charge >= 0.3 is 0 Å². The number of benzene rings is 1. The molecule has 126 valence electrons. The van der Waals surface area contributed by atoms with Crippen LogP contribution in [0.4, 0.5) is 15.8 Å². The number of nitrogens with zero attached hydrogens (tertiary/aromatic N) is 6. The Morgan fingerprint density at radius 2 is 2.20 bits per heavy atom. The lowest BCUT2D eigenvalue weighted by Crippen LogP contribution is -2.15. The highest BCUT2D eigenvalue weighted by Crippen LogP contribution is 2.22. The predicted octanol–water partition coefficient (Wildman–Crippen LogP) is 2.61. The highest BCUT2D eigenvalue weighted by atomic mass is 19.1. The molecule has 0 fully saturated rings. The Hall–Kier alpha value is -3.21. The van der Waals surface area contributed by atoms with E-state index in [0.717, 1.165) is 37.5 Å². The molecule has 0 saturated carbocycles. The molecule has 1 N–H and O–H groups in total. The Morgan fingerprint density at radius 1 is 1.28 bits per heavy atom. The summed E-state index contributed by atoms with van der Waals surface area (Å²) in [6, 6.07) is 6.36. The smallest absolute Gasteiger partial charge is 0.154 e. The van der Waals surface area contributed by atoms with Gasteiger partial charge in [-0.2, -0.15) is 10.4 Å². The topological polar surface area (TPSA) is 84.3 Å². The number of rotatable bonds is 4. The van der Waals surface area contributed by atoms with Gasteiger partial charge in [0.05, 0.1) is 17.6 Å². The molecule has 1 aromatic carbocycles. The van der Waals surface area contributed by atoms with Gasteiger partial charge in [-0.25, -0.2) is 4.39 Å². The van der Waals surface area contributed by atoms with Crippen LogP contribution < -0.4 is 5.32 Å². The normalized spacial score (nSPS) is 13.3. The van der Waals surface area contributed by atoms with Crippen LogP contribution in [0.15, 0.2) is 30.6 Å². The summed E-state index contributed by atoms with van der Waals surface area (Å²) in [5.41, 5.74) is 1.09. The van der Waals surface area contributed by atoms with Crippen LogP contribution in [0.5, 0.6) is 0 Å². The number of nitriles is 1. The standard InChI is InChI=1S/C17H16FN7/c18-14-4-3-5-15(13(14)8-19)21-12-9-20-24(10-12)11-17-23-22-16-6-1-2-7-25(16)17/h3-5,9-10,21H,1-2,6-7,11H2.